The number of allylic oxidation sites excluding steroid dienone is 1. The van der Waals surface area contributed by atoms with Crippen LogP contribution in [0, 0.1) is 0 Å². The van der Waals surface area contributed by atoms with Crippen LogP contribution in [-0.2, 0) is 4.74 Å². The molecule has 0 radical (unpaired) electrons. The molecule has 0 aliphatic rings. The summed E-state index contributed by atoms with van der Waals surface area (Å²) in [7, 11) is 3.01. The Hall–Kier alpha value is -4.33. The van der Waals surface area contributed by atoms with E-state index in [1.165, 1.54) is 49.1 Å². The van der Waals surface area contributed by atoms with Crippen LogP contribution in [0.2, 0.25) is 0 Å². The lowest BCUT2D eigenvalue weighted by Crippen LogP contribution is -2.27. The van der Waals surface area contributed by atoms with Crippen molar-refractivity contribution in [3.8, 4) is 22.8 Å². The Morgan fingerprint density at radius 2 is 1.54 bits per heavy atom. The molecule has 3 aromatic rings. The molecule has 0 amide bonds. The molecule has 8 heteroatoms. The highest BCUT2D eigenvalue weighted by Crippen LogP contribution is 2.37. The molecule has 182 valence electrons. The van der Waals surface area contributed by atoms with E-state index >= 15 is 0 Å². The largest absolute Gasteiger partial charge is 0.496 e. The highest BCUT2D eigenvalue weighted by molar-refractivity contribution is 6.07. The van der Waals surface area contributed by atoms with Gasteiger partial charge in [0.2, 0.25) is 0 Å². The number of aromatic carboxylic acids is 1. The number of hydrogen-bond donors (Lipinski definition) is 1. The first-order chi connectivity index (χ1) is 16.5. The molecule has 0 spiro atoms. The smallest absolute Gasteiger partial charge is 0.418 e. The lowest BCUT2D eigenvalue weighted by atomic mass is 10.0. The van der Waals surface area contributed by atoms with Crippen LogP contribution < -0.4 is 9.47 Å². The fraction of sp³-hybridized carbons (Fsp3) is 0.222. The normalized spacial score (nSPS) is 11.3. The first kappa shape index (κ1) is 25.3. The van der Waals surface area contributed by atoms with Crippen molar-refractivity contribution >= 4 is 23.9 Å². The second-order valence-electron chi connectivity index (χ2n) is 8.62. The number of carbonyl (C=O) groups excluding carboxylic acids is 2. The van der Waals surface area contributed by atoms with E-state index in [4.69, 9.17) is 19.3 Å². The molecular formula is C27H27NO7. The third-order valence-corrected chi connectivity index (χ3v) is 5.00. The first-order valence-corrected chi connectivity index (χ1v) is 10.8. The second kappa shape index (κ2) is 10.3. The van der Waals surface area contributed by atoms with Crippen molar-refractivity contribution in [3.63, 3.8) is 0 Å². The van der Waals surface area contributed by atoms with Crippen LogP contribution in [0.5, 0.6) is 11.5 Å². The first-order valence-electron chi connectivity index (χ1n) is 10.8. The lowest BCUT2D eigenvalue weighted by Gasteiger charge is -2.21. The number of benzene rings is 2. The molecule has 0 saturated heterocycles. The maximum absolute atomic E-state index is 12.7. The molecule has 0 fully saturated rings. The maximum Gasteiger partial charge on any atom is 0.418 e. The molecule has 1 aromatic heterocycles. The Balaban J connectivity index is 1.99. The van der Waals surface area contributed by atoms with Crippen LogP contribution in [0.25, 0.3) is 17.3 Å². The Kier molecular flexibility index (Phi) is 7.44. The number of aromatic nitrogens is 1. The van der Waals surface area contributed by atoms with Crippen LogP contribution in [0.15, 0.2) is 60.8 Å². The van der Waals surface area contributed by atoms with Gasteiger partial charge in [-0.15, -0.1) is 0 Å². The molecule has 0 unspecified atom stereocenters. The molecule has 0 aliphatic carbocycles. The van der Waals surface area contributed by atoms with Crippen LogP contribution in [0.3, 0.4) is 0 Å². The summed E-state index contributed by atoms with van der Waals surface area (Å²) >= 11 is 0. The molecule has 2 aromatic carbocycles. The van der Waals surface area contributed by atoms with Gasteiger partial charge in [0.15, 0.2) is 5.78 Å². The van der Waals surface area contributed by atoms with Crippen molar-refractivity contribution in [3.05, 3.63) is 77.5 Å². The third-order valence-electron chi connectivity index (χ3n) is 5.00. The predicted octanol–water partition coefficient (Wildman–Crippen LogP) is 5.55. The van der Waals surface area contributed by atoms with E-state index in [0.717, 1.165) is 0 Å². The van der Waals surface area contributed by atoms with Gasteiger partial charge < -0.3 is 19.3 Å². The van der Waals surface area contributed by atoms with Gasteiger partial charge in [-0.25, -0.2) is 9.59 Å². The Bertz CT molecular complexity index is 1280. The molecule has 8 nitrogen and oxygen atoms in total. The molecule has 35 heavy (non-hydrogen) atoms. The Morgan fingerprint density at radius 3 is 2.11 bits per heavy atom. The zero-order valence-electron chi connectivity index (χ0n) is 20.2. The zero-order chi connectivity index (χ0) is 25.8. The van der Waals surface area contributed by atoms with Gasteiger partial charge in [0.25, 0.3) is 0 Å². The van der Waals surface area contributed by atoms with E-state index in [2.05, 4.69) is 0 Å². The molecule has 0 saturated carbocycles. The summed E-state index contributed by atoms with van der Waals surface area (Å²) in [5.41, 5.74) is 1.50. The SMILES string of the molecule is COc1cc(OC)c(-c2cccn2C(=O)OC(C)(C)C)cc1/C=C/C(=O)c1ccc(C(=O)O)cc1. The van der Waals surface area contributed by atoms with E-state index in [1.807, 2.05) is 0 Å². The maximum atomic E-state index is 12.7. The second-order valence-corrected chi connectivity index (χ2v) is 8.62. The summed E-state index contributed by atoms with van der Waals surface area (Å²) in [6.45, 7) is 5.37. The fourth-order valence-corrected chi connectivity index (χ4v) is 3.36. The van der Waals surface area contributed by atoms with Gasteiger partial charge in [-0.05, 0) is 63.3 Å². The van der Waals surface area contributed by atoms with Gasteiger partial charge in [0, 0.05) is 29.0 Å². The Morgan fingerprint density at radius 1 is 0.914 bits per heavy atom. The molecule has 1 heterocycles. The summed E-state index contributed by atoms with van der Waals surface area (Å²) in [4.78, 5) is 36.4. The number of methoxy groups -OCH3 is 2. The topological polar surface area (TPSA) is 104 Å². The molecule has 0 bridgehead atoms. The monoisotopic (exact) mass is 477 g/mol. The minimum absolute atomic E-state index is 0.0972. The number of carbonyl (C=O) groups is 3. The van der Waals surface area contributed by atoms with Crippen molar-refractivity contribution < 1.29 is 33.7 Å². The van der Waals surface area contributed by atoms with Crippen LogP contribution in [0.4, 0.5) is 4.79 Å². The van der Waals surface area contributed by atoms with E-state index in [9.17, 15) is 14.4 Å². The zero-order valence-corrected chi connectivity index (χ0v) is 20.2. The summed E-state index contributed by atoms with van der Waals surface area (Å²) in [5.74, 6) is -0.436. The number of hydrogen-bond acceptors (Lipinski definition) is 6. The number of ether oxygens (including phenoxy) is 3. The number of carboxylic acid groups (broad SMARTS) is 1. The lowest BCUT2D eigenvalue weighted by molar-refractivity contribution is 0.0539. The van der Waals surface area contributed by atoms with Crippen molar-refractivity contribution in [2.75, 3.05) is 14.2 Å². The third kappa shape index (κ3) is 5.97. The number of rotatable bonds is 7. The molecule has 0 atom stereocenters. The number of carboxylic acids is 1. The average molecular weight is 478 g/mol. The summed E-state index contributed by atoms with van der Waals surface area (Å²) in [5, 5.41) is 9.03. The van der Waals surface area contributed by atoms with Gasteiger partial charge in [-0.3, -0.25) is 9.36 Å². The summed E-state index contributed by atoms with van der Waals surface area (Å²) in [6.07, 6.45) is 4.03. The summed E-state index contributed by atoms with van der Waals surface area (Å²) < 4.78 is 17.9. The highest BCUT2D eigenvalue weighted by Gasteiger charge is 2.22. The van der Waals surface area contributed by atoms with E-state index < -0.39 is 17.7 Å². The minimum atomic E-state index is -1.06. The van der Waals surface area contributed by atoms with E-state index in [0.29, 0.717) is 33.9 Å². The fourth-order valence-electron chi connectivity index (χ4n) is 3.36. The Labute approximate surface area is 203 Å². The standard InChI is InChI=1S/C27H27NO7/c1-27(2,3)35-26(32)28-14-6-7-21(28)20-15-19(23(33-4)16-24(20)34-5)12-13-22(29)17-8-10-18(11-9-17)25(30)31/h6-16H,1-5H3,(H,30,31)/b13-12+. The van der Waals surface area contributed by atoms with Crippen LogP contribution in [0.1, 0.15) is 47.1 Å². The van der Waals surface area contributed by atoms with Crippen molar-refractivity contribution in [1.29, 1.82) is 0 Å². The molecular weight excluding hydrogens is 450 g/mol. The molecule has 0 aliphatic heterocycles. The van der Waals surface area contributed by atoms with Crippen molar-refractivity contribution in [2.24, 2.45) is 0 Å². The van der Waals surface area contributed by atoms with Gasteiger partial charge in [0.1, 0.15) is 17.1 Å². The minimum Gasteiger partial charge on any atom is -0.496 e. The van der Waals surface area contributed by atoms with Gasteiger partial charge in [-0.1, -0.05) is 12.1 Å². The highest BCUT2D eigenvalue weighted by atomic mass is 16.6. The summed E-state index contributed by atoms with van der Waals surface area (Å²) in [6, 6.07) is 12.6. The molecule has 1 N–H and O–H groups in total. The molecule has 3 rings (SSSR count). The van der Waals surface area contributed by atoms with Crippen molar-refractivity contribution in [1.82, 2.24) is 4.57 Å². The van der Waals surface area contributed by atoms with Gasteiger partial charge in [-0.2, -0.15) is 0 Å². The van der Waals surface area contributed by atoms with E-state index in [1.54, 1.807) is 57.3 Å². The van der Waals surface area contributed by atoms with Gasteiger partial charge in [0.05, 0.1) is 25.5 Å². The predicted molar refractivity (Wildman–Crippen MR) is 131 cm³/mol. The number of ketones is 1. The van der Waals surface area contributed by atoms with Crippen LogP contribution in [-0.4, -0.2) is 47.3 Å². The van der Waals surface area contributed by atoms with Crippen molar-refractivity contribution in [2.45, 2.75) is 26.4 Å². The quantitative estimate of drug-likeness (QED) is 0.351. The average Bonchev–Trinajstić information content (AvgIpc) is 3.31. The van der Waals surface area contributed by atoms with Gasteiger partial charge >= 0.3 is 12.1 Å². The number of nitrogens with zero attached hydrogens (tertiary/aromatic N) is 1. The van der Waals surface area contributed by atoms with E-state index in [-0.39, 0.29) is 11.3 Å². The van der Waals surface area contributed by atoms with Crippen LogP contribution >= 0.6 is 0 Å².